The molecule has 11 nitrogen and oxygen atoms in total. The molecule has 4 amide bonds. The van der Waals surface area contributed by atoms with E-state index < -0.39 is 23.4 Å². The van der Waals surface area contributed by atoms with Crippen molar-refractivity contribution < 1.29 is 28.0 Å². The van der Waals surface area contributed by atoms with Gasteiger partial charge in [0.15, 0.2) is 11.6 Å². The molecule has 13 heteroatoms. The largest absolute Gasteiger partial charge is 0.404 e. The van der Waals surface area contributed by atoms with Gasteiger partial charge in [0.05, 0.1) is 17.7 Å². The van der Waals surface area contributed by atoms with Gasteiger partial charge in [0.2, 0.25) is 0 Å². The number of rotatable bonds is 13. The minimum atomic E-state index is -1.07. The maximum atomic E-state index is 13.6. The molecule has 0 saturated carbocycles. The molecule has 0 aliphatic carbocycles. The van der Waals surface area contributed by atoms with E-state index in [1.807, 2.05) is 45.0 Å². The average molecular weight is 672 g/mol. The molecule has 0 saturated heterocycles. The maximum absolute atomic E-state index is 13.6. The van der Waals surface area contributed by atoms with Crippen molar-refractivity contribution in [3.05, 3.63) is 118 Å². The lowest BCUT2D eigenvalue weighted by atomic mass is 10.0. The molecule has 0 atom stereocenters. The van der Waals surface area contributed by atoms with Crippen LogP contribution in [0.25, 0.3) is 17.7 Å². The van der Waals surface area contributed by atoms with E-state index in [1.54, 1.807) is 24.3 Å². The number of benzene rings is 2. The number of aryl methyl sites for hydroxylation is 1. The minimum absolute atomic E-state index is 0.0474. The molecule has 3 aromatic rings. The molecule has 0 bridgehead atoms. The highest BCUT2D eigenvalue weighted by Gasteiger charge is 2.26. The standard InChI is InChI=1S/C36H39F2N7O4/c1-6-45(20-24-10-12-28(37)29(38)16-24)36(49)27(19-39)33(46)40-13-7-8-23-9-11-25-26(34(47)43-31(25)17-23)18-30-21(2)32(22(3)42-30)35(48)41-14-15-44(4)5/h6-12,16-19,42H,1,13-15,20,39H2,2-5H3,(H,40,46)(H,41,48)(H,43,47)/b8-7+,26-18-,27-19-. The summed E-state index contributed by atoms with van der Waals surface area (Å²) in [7, 11) is 3.86. The third kappa shape index (κ3) is 8.56. The molecule has 2 aromatic carbocycles. The van der Waals surface area contributed by atoms with Crippen LogP contribution in [0.4, 0.5) is 14.5 Å². The van der Waals surface area contributed by atoms with Gasteiger partial charge in [-0.1, -0.05) is 36.9 Å². The minimum Gasteiger partial charge on any atom is -0.404 e. The number of H-pyrrole nitrogens is 1. The van der Waals surface area contributed by atoms with E-state index in [2.05, 4.69) is 27.5 Å². The summed E-state index contributed by atoms with van der Waals surface area (Å²) < 4.78 is 26.9. The third-order valence-corrected chi connectivity index (χ3v) is 7.81. The first-order valence-electron chi connectivity index (χ1n) is 15.4. The van der Waals surface area contributed by atoms with E-state index in [0.29, 0.717) is 52.4 Å². The number of nitrogens with one attached hydrogen (secondary N) is 4. The number of carbonyl (C=O) groups is 4. The molecule has 1 aliphatic rings. The lowest BCUT2D eigenvalue weighted by Crippen LogP contribution is -2.35. The highest BCUT2D eigenvalue weighted by atomic mass is 19.2. The fraction of sp³-hybridized carbons (Fsp3) is 0.222. The van der Waals surface area contributed by atoms with Gasteiger partial charge in [0, 0.05) is 54.7 Å². The van der Waals surface area contributed by atoms with Crippen LogP contribution in [0, 0.1) is 25.5 Å². The van der Waals surface area contributed by atoms with Crippen molar-refractivity contribution in [1.82, 2.24) is 25.4 Å². The topological polar surface area (TPSA) is 153 Å². The Morgan fingerprint density at radius 3 is 2.47 bits per heavy atom. The molecular weight excluding hydrogens is 632 g/mol. The Balaban J connectivity index is 1.39. The predicted octanol–water partition coefficient (Wildman–Crippen LogP) is 3.84. The van der Waals surface area contributed by atoms with Crippen LogP contribution in [0.15, 0.2) is 67.0 Å². The van der Waals surface area contributed by atoms with Crippen molar-refractivity contribution in [2.24, 2.45) is 5.73 Å². The SMILES string of the molecule is C=CN(Cc1ccc(F)c(F)c1)C(=O)/C(=C\N)C(=O)NC/C=C/c1ccc2c(c1)NC(=O)/C2=C\c1[nH]c(C)c(C(=O)NCCN(C)C)c1C. The van der Waals surface area contributed by atoms with E-state index >= 15 is 0 Å². The number of amides is 4. The van der Waals surface area contributed by atoms with E-state index in [9.17, 15) is 28.0 Å². The van der Waals surface area contributed by atoms with Crippen LogP contribution in [0.3, 0.4) is 0 Å². The number of fused-ring (bicyclic) bond motifs is 1. The summed E-state index contributed by atoms with van der Waals surface area (Å²) in [6.07, 6.45) is 7.17. The second kappa shape index (κ2) is 15.8. The number of halogens is 2. The van der Waals surface area contributed by atoms with E-state index in [0.717, 1.165) is 40.6 Å². The van der Waals surface area contributed by atoms with Crippen molar-refractivity contribution in [2.75, 3.05) is 39.0 Å². The molecule has 0 unspecified atom stereocenters. The average Bonchev–Trinajstić information content (AvgIpc) is 3.52. The van der Waals surface area contributed by atoms with Crippen molar-refractivity contribution in [3.8, 4) is 0 Å². The molecule has 49 heavy (non-hydrogen) atoms. The number of hydrogen-bond acceptors (Lipinski definition) is 6. The Kier molecular flexibility index (Phi) is 11.7. The number of carbonyl (C=O) groups excluding carboxylic acids is 4. The van der Waals surface area contributed by atoms with Crippen molar-refractivity contribution >= 4 is 47.0 Å². The van der Waals surface area contributed by atoms with Crippen LogP contribution in [0.5, 0.6) is 0 Å². The summed E-state index contributed by atoms with van der Waals surface area (Å²) in [6.45, 7) is 8.33. The molecule has 256 valence electrons. The fourth-order valence-corrected chi connectivity index (χ4v) is 5.24. The van der Waals surface area contributed by atoms with Crippen LogP contribution in [0.2, 0.25) is 0 Å². The Morgan fingerprint density at radius 2 is 1.80 bits per heavy atom. The number of nitrogens with two attached hydrogens (primary N) is 1. The maximum Gasteiger partial charge on any atom is 0.265 e. The van der Waals surface area contributed by atoms with Gasteiger partial charge in [-0.05, 0) is 68.9 Å². The number of likely N-dealkylation sites (N-methyl/N-ethyl adjacent to an activating group) is 1. The first-order valence-corrected chi connectivity index (χ1v) is 15.4. The van der Waals surface area contributed by atoms with Crippen molar-refractivity contribution in [1.29, 1.82) is 0 Å². The zero-order valence-corrected chi connectivity index (χ0v) is 27.7. The van der Waals surface area contributed by atoms with Crippen LogP contribution in [-0.4, -0.2) is 72.1 Å². The Labute approximate surface area is 283 Å². The number of anilines is 1. The van der Waals surface area contributed by atoms with Gasteiger partial charge in [0.25, 0.3) is 23.6 Å². The summed E-state index contributed by atoms with van der Waals surface area (Å²) in [5.41, 5.74) is 10.7. The lowest BCUT2D eigenvalue weighted by molar-refractivity contribution is -0.128. The summed E-state index contributed by atoms with van der Waals surface area (Å²) in [6, 6.07) is 8.62. The van der Waals surface area contributed by atoms with Gasteiger partial charge in [-0.2, -0.15) is 0 Å². The fourth-order valence-electron chi connectivity index (χ4n) is 5.24. The monoisotopic (exact) mass is 671 g/mol. The second-order valence-electron chi connectivity index (χ2n) is 11.6. The summed E-state index contributed by atoms with van der Waals surface area (Å²) in [5.74, 6) is -4.06. The van der Waals surface area contributed by atoms with Gasteiger partial charge in [-0.3, -0.25) is 19.2 Å². The molecule has 4 rings (SSSR count). The molecule has 1 aliphatic heterocycles. The van der Waals surface area contributed by atoms with E-state index in [4.69, 9.17) is 5.73 Å². The van der Waals surface area contributed by atoms with Gasteiger partial charge in [-0.25, -0.2) is 8.78 Å². The smallest absolute Gasteiger partial charge is 0.265 e. The number of aromatic amines is 1. The number of nitrogens with zero attached hydrogens (tertiary/aromatic N) is 2. The van der Waals surface area contributed by atoms with Crippen LogP contribution in [-0.2, 0) is 20.9 Å². The second-order valence-corrected chi connectivity index (χ2v) is 11.6. The Morgan fingerprint density at radius 1 is 1.04 bits per heavy atom. The zero-order chi connectivity index (χ0) is 35.8. The molecule has 2 heterocycles. The summed E-state index contributed by atoms with van der Waals surface area (Å²) in [4.78, 5) is 57.8. The lowest BCUT2D eigenvalue weighted by Gasteiger charge is -2.19. The van der Waals surface area contributed by atoms with E-state index in [-0.39, 0.29) is 30.5 Å². The first kappa shape index (κ1) is 36.0. The predicted molar refractivity (Wildman–Crippen MR) is 186 cm³/mol. The van der Waals surface area contributed by atoms with Crippen LogP contribution in [0.1, 0.15) is 44.0 Å². The van der Waals surface area contributed by atoms with Gasteiger partial charge < -0.3 is 36.5 Å². The zero-order valence-electron chi connectivity index (χ0n) is 27.7. The van der Waals surface area contributed by atoms with Gasteiger partial charge in [0.1, 0.15) is 5.57 Å². The van der Waals surface area contributed by atoms with Crippen molar-refractivity contribution in [3.63, 3.8) is 0 Å². The highest BCUT2D eigenvalue weighted by Crippen LogP contribution is 2.35. The van der Waals surface area contributed by atoms with E-state index in [1.165, 1.54) is 6.07 Å². The van der Waals surface area contributed by atoms with Gasteiger partial charge in [-0.15, -0.1) is 0 Å². The highest BCUT2D eigenvalue weighted by molar-refractivity contribution is 6.35. The van der Waals surface area contributed by atoms with Gasteiger partial charge >= 0.3 is 0 Å². The number of hydrogen-bond donors (Lipinski definition) is 5. The molecule has 0 spiro atoms. The molecule has 0 radical (unpaired) electrons. The molecule has 1 aromatic heterocycles. The Hall–Kier alpha value is -5.82. The summed E-state index contributed by atoms with van der Waals surface area (Å²) in [5, 5.41) is 8.40. The van der Waals surface area contributed by atoms with Crippen LogP contribution < -0.4 is 21.7 Å². The first-order chi connectivity index (χ1) is 23.3. The molecular formula is C36H39F2N7O4. The normalized spacial score (nSPS) is 13.5. The quantitative estimate of drug-likeness (QED) is 0.106. The molecule has 6 N–H and O–H groups in total. The third-order valence-electron chi connectivity index (χ3n) is 7.81. The summed E-state index contributed by atoms with van der Waals surface area (Å²) >= 11 is 0. The van der Waals surface area contributed by atoms with Crippen molar-refractivity contribution in [2.45, 2.75) is 20.4 Å². The van der Waals surface area contributed by atoms with Crippen LogP contribution >= 0.6 is 0 Å². The molecule has 0 fully saturated rings. The number of aromatic nitrogens is 1. The Bertz CT molecular complexity index is 1890.